The zero-order valence-corrected chi connectivity index (χ0v) is 12.7. The molecular formula is C15H20N2O2S. The molecule has 1 aromatic heterocycles. The third-order valence-corrected chi connectivity index (χ3v) is 3.49. The van der Waals surface area contributed by atoms with Crippen LogP contribution in [0.4, 0.5) is 0 Å². The fourth-order valence-electron chi connectivity index (χ4n) is 1.78. The van der Waals surface area contributed by atoms with Gasteiger partial charge in [0.2, 0.25) is 0 Å². The highest BCUT2D eigenvalue weighted by Gasteiger charge is 2.07. The van der Waals surface area contributed by atoms with Crippen LogP contribution in [0.5, 0.6) is 11.5 Å². The van der Waals surface area contributed by atoms with E-state index in [1.807, 2.05) is 37.0 Å². The van der Waals surface area contributed by atoms with E-state index in [0.717, 1.165) is 41.5 Å². The van der Waals surface area contributed by atoms with E-state index >= 15 is 0 Å². The molecule has 20 heavy (non-hydrogen) atoms. The van der Waals surface area contributed by atoms with Crippen molar-refractivity contribution in [2.24, 2.45) is 0 Å². The van der Waals surface area contributed by atoms with Crippen molar-refractivity contribution in [1.82, 2.24) is 10.3 Å². The molecule has 0 unspecified atom stereocenters. The van der Waals surface area contributed by atoms with Crippen molar-refractivity contribution < 1.29 is 9.47 Å². The first-order valence-electron chi connectivity index (χ1n) is 6.74. The lowest BCUT2D eigenvalue weighted by molar-refractivity contribution is 0.294. The predicted molar refractivity (Wildman–Crippen MR) is 81.4 cm³/mol. The molecule has 0 atom stereocenters. The maximum atomic E-state index is 5.91. The number of hydrogen-bond acceptors (Lipinski definition) is 5. The topological polar surface area (TPSA) is 43.4 Å². The zero-order valence-electron chi connectivity index (χ0n) is 11.9. The summed E-state index contributed by atoms with van der Waals surface area (Å²) in [6, 6.07) is 5.99. The molecule has 0 amide bonds. The Labute approximate surface area is 123 Å². The summed E-state index contributed by atoms with van der Waals surface area (Å²) in [6.45, 7) is 4.13. The Hall–Kier alpha value is -1.59. The predicted octanol–water partition coefficient (Wildman–Crippen LogP) is 3.23. The number of hydrogen-bond donors (Lipinski definition) is 1. The lowest BCUT2D eigenvalue weighted by Gasteiger charge is -2.13. The Morgan fingerprint density at radius 1 is 1.30 bits per heavy atom. The van der Waals surface area contributed by atoms with E-state index in [4.69, 9.17) is 9.47 Å². The van der Waals surface area contributed by atoms with Gasteiger partial charge in [-0.25, -0.2) is 0 Å². The molecule has 0 aliphatic heterocycles. The van der Waals surface area contributed by atoms with Crippen LogP contribution in [0.1, 0.15) is 23.8 Å². The van der Waals surface area contributed by atoms with E-state index in [1.165, 1.54) is 0 Å². The minimum absolute atomic E-state index is 0.540. The average Bonchev–Trinajstić information content (AvgIpc) is 2.98. The summed E-state index contributed by atoms with van der Waals surface area (Å²) in [6.07, 6.45) is 2.83. The van der Waals surface area contributed by atoms with Gasteiger partial charge in [0.1, 0.15) is 18.1 Å². The first-order chi connectivity index (χ1) is 9.83. The molecule has 2 aromatic rings. The minimum atomic E-state index is 0.540. The molecule has 0 saturated heterocycles. The lowest BCUT2D eigenvalue weighted by atomic mass is 10.2. The number of thiazole rings is 1. The number of nitrogens with zero attached hydrogens (tertiary/aromatic N) is 1. The molecule has 0 fully saturated rings. The highest BCUT2D eigenvalue weighted by Crippen LogP contribution is 2.26. The maximum absolute atomic E-state index is 5.91. The van der Waals surface area contributed by atoms with Crippen molar-refractivity contribution in [3.63, 3.8) is 0 Å². The second kappa shape index (κ2) is 7.87. The fourth-order valence-corrected chi connectivity index (χ4v) is 2.28. The van der Waals surface area contributed by atoms with Gasteiger partial charge in [-0.3, -0.25) is 4.98 Å². The van der Waals surface area contributed by atoms with Gasteiger partial charge in [-0.1, -0.05) is 13.0 Å². The van der Waals surface area contributed by atoms with Crippen LogP contribution in [0.25, 0.3) is 0 Å². The van der Waals surface area contributed by atoms with Crippen LogP contribution in [-0.2, 0) is 13.2 Å². The van der Waals surface area contributed by atoms with E-state index in [-0.39, 0.29) is 0 Å². The number of rotatable bonds is 8. The van der Waals surface area contributed by atoms with Crippen LogP contribution in [0.2, 0.25) is 0 Å². The Kier molecular flexibility index (Phi) is 5.83. The van der Waals surface area contributed by atoms with E-state index in [1.54, 1.807) is 11.3 Å². The van der Waals surface area contributed by atoms with Gasteiger partial charge in [-0.05, 0) is 19.5 Å². The summed E-state index contributed by atoms with van der Waals surface area (Å²) in [7, 11) is 1.93. The molecule has 1 N–H and O–H groups in total. The Morgan fingerprint density at radius 3 is 2.90 bits per heavy atom. The highest BCUT2D eigenvalue weighted by molar-refractivity contribution is 7.09. The Morgan fingerprint density at radius 2 is 2.20 bits per heavy atom. The van der Waals surface area contributed by atoms with Crippen molar-refractivity contribution >= 4 is 11.3 Å². The molecular weight excluding hydrogens is 272 g/mol. The normalized spacial score (nSPS) is 10.5. The summed E-state index contributed by atoms with van der Waals surface area (Å²) >= 11 is 1.60. The summed E-state index contributed by atoms with van der Waals surface area (Å²) in [4.78, 5) is 5.16. The third-order valence-electron chi connectivity index (χ3n) is 2.73. The van der Waals surface area contributed by atoms with Crippen LogP contribution in [-0.4, -0.2) is 18.6 Å². The molecule has 0 bridgehead atoms. The average molecular weight is 292 g/mol. The van der Waals surface area contributed by atoms with Gasteiger partial charge in [0, 0.05) is 24.4 Å². The SMILES string of the molecule is CCCOc1ccc(CNC)c(OCc2cncs2)c1. The zero-order chi connectivity index (χ0) is 14.2. The molecule has 0 aliphatic carbocycles. The Bertz CT molecular complexity index is 515. The van der Waals surface area contributed by atoms with E-state index < -0.39 is 0 Å². The third kappa shape index (κ3) is 4.21. The molecule has 0 saturated carbocycles. The van der Waals surface area contributed by atoms with Crippen molar-refractivity contribution in [1.29, 1.82) is 0 Å². The van der Waals surface area contributed by atoms with E-state index in [0.29, 0.717) is 6.61 Å². The van der Waals surface area contributed by atoms with Crippen LogP contribution in [0.15, 0.2) is 29.9 Å². The first kappa shape index (κ1) is 14.8. The first-order valence-corrected chi connectivity index (χ1v) is 7.62. The van der Waals surface area contributed by atoms with Crippen LogP contribution in [0, 0.1) is 0 Å². The van der Waals surface area contributed by atoms with Crippen molar-refractivity contribution in [2.75, 3.05) is 13.7 Å². The summed E-state index contributed by atoms with van der Waals surface area (Å²) in [5, 5.41) is 3.15. The molecule has 2 rings (SSSR count). The van der Waals surface area contributed by atoms with Crippen molar-refractivity contribution in [2.45, 2.75) is 26.5 Å². The van der Waals surface area contributed by atoms with Gasteiger partial charge < -0.3 is 14.8 Å². The monoisotopic (exact) mass is 292 g/mol. The van der Waals surface area contributed by atoms with Gasteiger partial charge in [0.25, 0.3) is 0 Å². The summed E-state index contributed by atoms with van der Waals surface area (Å²) < 4.78 is 11.6. The largest absolute Gasteiger partial charge is 0.493 e. The minimum Gasteiger partial charge on any atom is -0.493 e. The van der Waals surface area contributed by atoms with Crippen molar-refractivity contribution in [3.05, 3.63) is 40.3 Å². The van der Waals surface area contributed by atoms with Crippen LogP contribution in [0.3, 0.4) is 0 Å². The molecule has 0 radical (unpaired) electrons. The highest BCUT2D eigenvalue weighted by atomic mass is 32.1. The van der Waals surface area contributed by atoms with E-state index in [2.05, 4.69) is 17.2 Å². The standard InChI is InChI=1S/C15H20N2O2S/c1-3-6-18-13-5-4-12(8-16-2)15(7-13)19-10-14-9-17-11-20-14/h4-5,7,9,11,16H,3,6,8,10H2,1-2H3. The summed E-state index contributed by atoms with van der Waals surface area (Å²) in [5.74, 6) is 1.72. The lowest BCUT2D eigenvalue weighted by Crippen LogP contribution is -2.08. The Balaban J connectivity index is 2.08. The van der Waals surface area contributed by atoms with Gasteiger partial charge in [0.15, 0.2) is 0 Å². The maximum Gasteiger partial charge on any atom is 0.128 e. The quantitative estimate of drug-likeness (QED) is 0.811. The van der Waals surface area contributed by atoms with Crippen LogP contribution >= 0.6 is 11.3 Å². The van der Waals surface area contributed by atoms with Gasteiger partial charge in [-0.15, -0.1) is 11.3 Å². The van der Waals surface area contributed by atoms with Gasteiger partial charge in [-0.2, -0.15) is 0 Å². The second-order valence-corrected chi connectivity index (χ2v) is 5.38. The smallest absolute Gasteiger partial charge is 0.128 e. The molecule has 1 aromatic carbocycles. The molecule has 4 nitrogen and oxygen atoms in total. The molecule has 1 heterocycles. The molecule has 0 spiro atoms. The number of aromatic nitrogens is 1. The summed E-state index contributed by atoms with van der Waals surface area (Å²) in [5.41, 5.74) is 2.94. The van der Waals surface area contributed by atoms with Crippen molar-refractivity contribution in [3.8, 4) is 11.5 Å². The number of ether oxygens (including phenoxy) is 2. The van der Waals surface area contributed by atoms with Gasteiger partial charge in [0.05, 0.1) is 17.0 Å². The van der Waals surface area contributed by atoms with Gasteiger partial charge >= 0.3 is 0 Å². The molecule has 0 aliphatic rings. The molecule has 5 heteroatoms. The number of nitrogens with one attached hydrogen (secondary N) is 1. The van der Waals surface area contributed by atoms with E-state index in [9.17, 15) is 0 Å². The number of benzene rings is 1. The fraction of sp³-hybridized carbons (Fsp3) is 0.400. The van der Waals surface area contributed by atoms with Crippen LogP contribution < -0.4 is 14.8 Å². The second-order valence-electron chi connectivity index (χ2n) is 4.40. The molecule has 108 valence electrons.